The number of ether oxygens (including phenoxy) is 2. The number of hydrogen-bond acceptors (Lipinski definition) is 5. The number of fused-ring (bicyclic) bond motifs is 1. The number of carbonyl (C=O) groups is 3. The Morgan fingerprint density at radius 1 is 1.06 bits per heavy atom. The molecule has 0 aromatic heterocycles. The highest BCUT2D eigenvalue weighted by molar-refractivity contribution is 5.87. The van der Waals surface area contributed by atoms with Crippen molar-refractivity contribution in [1.82, 2.24) is 10.2 Å². The van der Waals surface area contributed by atoms with Gasteiger partial charge in [-0.1, -0.05) is 54.6 Å². The Bertz CT molecular complexity index is 1030. The van der Waals surface area contributed by atoms with Crippen molar-refractivity contribution >= 4 is 18.0 Å². The molecule has 3 rings (SSSR count). The molecule has 0 fully saturated rings. The molecule has 2 N–H and O–H groups in total. The molecule has 0 saturated heterocycles. The van der Waals surface area contributed by atoms with Crippen molar-refractivity contribution in [2.45, 2.75) is 77.5 Å². The fourth-order valence-corrected chi connectivity index (χ4v) is 4.12. The molecule has 35 heavy (non-hydrogen) atoms. The van der Waals surface area contributed by atoms with Crippen LogP contribution in [0.25, 0.3) is 0 Å². The maximum Gasteiger partial charge on any atom is 0.408 e. The number of benzene rings is 2. The first-order chi connectivity index (χ1) is 16.5. The van der Waals surface area contributed by atoms with Crippen LogP contribution in [-0.2, 0) is 38.6 Å². The van der Waals surface area contributed by atoms with Gasteiger partial charge in [-0.3, -0.25) is 9.59 Å². The third kappa shape index (κ3) is 7.55. The Balaban J connectivity index is 1.85. The summed E-state index contributed by atoms with van der Waals surface area (Å²) in [6, 6.07) is 15.6. The number of carboxylic acids is 1. The number of nitrogens with one attached hydrogen (secondary N) is 1. The van der Waals surface area contributed by atoms with Crippen molar-refractivity contribution in [3.05, 3.63) is 71.3 Å². The molecule has 188 valence electrons. The van der Waals surface area contributed by atoms with Crippen LogP contribution in [-0.4, -0.2) is 51.8 Å². The average molecular weight is 483 g/mol. The number of alkyl carbamates (subject to hydrolysis) is 1. The Kier molecular flexibility index (Phi) is 8.51. The molecule has 1 aliphatic heterocycles. The van der Waals surface area contributed by atoms with Gasteiger partial charge in [0.15, 0.2) is 0 Å². The first-order valence-electron chi connectivity index (χ1n) is 11.8. The number of nitrogens with zero attached hydrogens (tertiary/aromatic N) is 1. The summed E-state index contributed by atoms with van der Waals surface area (Å²) in [5.41, 5.74) is 2.16. The van der Waals surface area contributed by atoms with Gasteiger partial charge < -0.3 is 24.8 Å². The summed E-state index contributed by atoms with van der Waals surface area (Å²) < 4.78 is 11.4. The predicted molar refractivity (Wildman–Crippen MR) is 131 cm³/mol. The Morgan fingerprint density at radius 2 is 1.69 bits per heavy atom. The summed E-state index contributed by atoms with van der Waals surface area (Å²) >= 11 is 0. The minimum Gasteiger partial charge on any atom is -0.481 e. The predicted octanol–water partition coefficient (Wildman–Crippen LogP) is 3.91. The van der Waals surface area contributed by atoms with E-state index < -0.39 is 41.8 Å². The van der Waals surface area contributed by atoms with Crippen molar-refractivity contribution in [2.75, 3.05) is 0 Å². The normalized spacial score (nSPS) is 17.1. The molecule has 0 spiro atoms. The van der Waals surface area contributed by atoms with Crippen LogP contribution in [0.2, 0.25) is 0 Å². The first-order valence-corrected chi connectivity index (χ1v) is 11.8. The lowest BCUT2D eigenvalue weighted by Crippen LogP contribution is -2.58. The molecule has 0 unspecified atom stereocenters. The minimum atomic E-state index is -1.06. The zero-order valence-electron chi connectivity index (χ0n) is 20.7. The fraction of sp³-hybridized carbons (Fsp3) is 0.444. The summed E-state index contributed by atoms with van der Waals surface area (Å²) in [4.78, 5) is 39.6. The number of carboxylic acid groups (broad SMARTS) is 1. The van der Waals surface area contributed by atoms with E-state index in [0.717, 1.165) is 16.7 Å². The van der Waals surface area contributed by atoms with Gasteiger partial charge >= 0.3 is 12.1 Å². The lowest BCUT2D eigenvalue weighted by Gasteiger charge is -2.39. The summed E-state index contributed by atoms with van der Waals surface area (Å²) in [5.74, 6) is -1.39. The topological polar surface area (TPSA) is 105 Å². The third-order valence-corrected chi connectivity index (χ3v) is 5.81. The molecule has 8 heteroatoms. The van der Waals surface area contributed by atoms with Crippen LogP contribution < -0.4 is 5.32 Å². The Labute approximate surface area is 206 Å². The van der Waals surface area contributed by atoms with Crippen molar-refractivity contribution in [3.63, 3.8) is 0 Å². The quantitative estimate of drug-likeness (QED) is 0.591. The first kappa shape index (κ1) is 26.2. The number of amides is 2. The molecular formula is C27H34N2O6. The van der Waals surface area contributed by atoms with Crippen LogP contribution in [0.1, 0.15) is 50.8 Å². The molecule has 3 atom stereocenters. The molecule has 1 heterocycles. The highest BCUT2D eigenvalue weighted by Gasteiger charge is 2.38. The van der Waals surface area contributed by atoms with E-state index in [1.165, 1.54) is 0 Å². The van der Waals surface area contributed by atoms with E-state index in [0.29, 0.717) is 6.42 Å². The van der Waals surface area contributed by atoms with Crippen LogP contribution in [0.4, 0.5) is 4.79 Å². The molecule has 0 radical (unpaired) electrons. The van der Waals surface area contributed by atoms with Gasteiger partial charge in [0, 0.05) is 12.6 Å². The number of hydrogen-bond donors (Lipinski definition) is 2. The molecule has 0 saturated carbocycles. The van der Waals surface area contributed by atoms with Crippen LogP contribution in [0.3, 0.4) is 0 Å². The van der Waals surface area contributed by atoms with Gasteiger partial charge in [-0.2, -0.15) is 0 Å². The third-order valence-electron chi connectivity index (χ3n) is 5.81. The van der Waals surface area contributed by atoms with Crippen molar-refractivity contribution in [3.8, 4) is 0 Å². The van der Waals surface area contributed by atoms with Gasteiger partial charge in [0.2, 0.25) is 5.91 Å². The lowest BCUT2D eigenvalue weighted by atomic mass is 9.91. The van der Waals surface area contributed by atoms with E-state index >= 15 is 0 Å². The lowest BCUT2D eigenvalue weighted by molar-refractivity contribution is -0.145. The smallest absolute Gasteiger partial charge is 0.408 e. The minimum absolute atomic E-state index is 0.196. The van der Waals surface area contributed by atoms with Gasteiger partial charge in [-0.15, -0.1) is 0 Å². The molecular weight excluding hydrogens is 448 g/mol. The summed E-state index contributed by atoms with van der Waals surface area (Å²) in [7, 11) is 0. The second-order valence-electron chi connectivity index (χ2n) is 9.82. The molecule has 0 bridgehead atoms. The summed E-state index contributed by atoms with van der Waals surface area (Å²) in [6.45, 7) is 7.44. The second-order valence-corrected chi connectivity index (χ2v) is 9.82. The van der Waals surface area contributed by atoms with Crippen molar-refractivity contribution in [1.29, 1.82) is 0 Å². The van der Waals surface area contributed by atoms with Gasteiger partial charge in [0.05, 0.1) is 19.1 Å². The highest BCUT2D eigenvalue weighted by atomic mass is 16.6. The average Bonchev–Trinajstić information content (AvgIpc) is 2.79. The van der Waals surface area contributed by atoms with Crippen LogP contribution in [0.15, 0.2) is 54.6 Å². The standard InChI is InChI=1S/C27H34N2O6/c1-18(34-17-19-10-6-5-7-11-19)24(28-26(33)35-27(2,3)4)25(32)29-16-21-13-9-8-12-20(21)14-22(29)15-23(30)31/h5-13,18,22,24H,14-17H2,1-4H3,(H,28,33)(H,30,31)/t18-,22-,24+/m1/s1. The van der Waals surface area contributed by atoms with E-state index in [9.17, 15) is 19.5 Å². The van der Waals surface area contributed by atoms with Gasteiger partial charge in [-0.05, 0) is 50.8 Å². The Hall–Kier alpha value is -3.39. The SMILES string of the molecule is C[C@@H](OCc1ccccc1)[C@H](NC(=O)OC(C)(C)C)C(=O)N1Cc2ccccc2C[C@@H]1CC(=O)O. The Morgan fingerprint density at radius 3 is 2.31 bits per heavy atom. The molecule has 8 nitrogen and oxygen atoms in total. The van der Waals surface area contributed by atoms with E-state index in [2.05, 4.69) is 5.32 Å². The van der Waals surface area contributed by atoms with E-state index in [1.54, 1.807) is 32.6 Å². The van der Waals surface area contributed by atoms with Gasteiger partial charge in [-0.25, -0.2) is 4.79 Å². The van der Waals surface area contributed by atoms with E-state index in [1.807, 2.05) is 54.6 Å². The van der Waals surface area contributed by atoms with Crippen molar-refractivity contribution < 1.29 is 29.0 Å². The molecule has 2 aromatic rings. The molecule has 2 aromatic carbocycles. The van der Waals surface area contributed by atoms with E-state index in [4.69, 9.17) is 9.47 Å². The summed E-state index contributed by atoms with van der Waals surface area (Å²) in [6.07, 6.45) is -1.21. The number of aliphatic carboxylic acids is 1. The van der Waals surface area contributed by atoms with Crippen molar-refractivity contribution in [2.24, 2.45) is 0 Å². The molecule has 1 aliphatic rings. The van der Waals surface area contributed by atoms with Crippen LogP contribution in [0, 0.1) is 0 Å². The van der Waals surface area contributed by atoms with E-state index in [-0.39, 0.29) is 19.6 Å². The zero-order chi connectivity index (χ0) is 25.6. The maximum absolute atomic E-state index is 13.8. The van der Waals surface area contributed by atoms with Crippen LogP contribution >= 0.6 is 0 Å². The van der Waals surface area contributed by atoms with Crippen LogP contribution in [0.5, 0.6) is 0 Å². The number of carbonyl (C=O) groups excluding carboxylic acids is 2. The second kappa shape index (κ2) is 11.4. The fourth-order valence-electron chi connectivity index (χ4n) is 4.12. The highest BCUT2D eigenvalue weighted by Crippen LogP contribution is 2.26. The van der Waals surface area contributed by atoms with Gasteiger partial charge in [0.25, 0.3) is 0 Å². The largest absolute Gasteiger partial charge is 0.481 e. The zero-order valence-corrected chi connectivity index (χ0v) is 20.7. The monoisotopic (exact) mass is 482 g/mol. The maximum atomic E-state index is 13.8. The molecule has 2 amide bonds. The number of rotatable bonds is 8. The molecule has 0 aliphatic carbocycles. The van der Waals surface area contributed by atoms with Gasteiger partial charge in [0.1, 0.15) is 11.6 Å². The summed E-state index contributed by atoms with van der Waals surface area (Å²) in [5, 5.41) is 12.2.